The van der Waals surface area contributed by atoms with E-state index >= 15 is 0 Å². The predicted octanol–water partition coefficient (Wildman–Crippen LogP) is 3.60. The van der Waals surface area contributed by atoms with Gasteiger partial charge < -0.3 is 5.32 Å². The third-order valence-corrected chi connectivity index (χ3v) is 3.87. The van der Waals surface area contributed by atoms with Crippen LogP contribution in [0.25, 0.3) is 0 Å². The quantitative estimate of drug-likeness (QED) is 0.813. The Hall–Kier alpha value is -1.03. The molecule has 1 aliphatic rings. The molecule has 1 nitrogen and oxygen atoms in total. The fraction of sp³-hybridized carbons (Fsp3) is 0.571. The van der Waals surface area contributed by atoms with E-state index < -0.39 is 17.5 Å². The van der Waals surface area contributed by atoms with E-state index in [4.69, 9.17) is 0 Å². The van der Waals surface area contributed by atoms with Gasteiger partial charge in [-0.3, -0.25) is 0 Å². The van der Waals surface area contributed by atoms with Gasteiger partial charge in [0.15, 0.2) is 17.5 Å². The Labute approximate surface area is 105 Å². The first-order valence-electron chi connectivity index (χ1n) is 6.42. The number of benzene rings is 1. The lowest BCUT2D eigenvalue weighted by molar-refractivity contribution is 0.184. The Morgan fingerprint density at radius 2 is 1.83 bits per heavy atom. The molecule has 0 heterocycles. The van der Waals surface area contributed by atoms with Crippen LogP contribution in [0.15, 0.2) is 12.1 Å². The monoisotopic (exact) mass is 257 g/mol. The molecule has 1 N–H and O–H groups in total. The van der Waals surface area contributed by atoms with E-state index in [0.29, 0.717) is 17.5 Å². The summed E-state index contributed by atoms with van der Waals surface area (Å²) in [7, 11) is 0. The van der Waals surface area contributed by atoms with Crippen molar-refractivity contribution in [3.05, 3.63) is 35.1 Å². The summed E-state index contributed by atoms with van der Waals surface area (Å²) in [6, 6.07) is 2.64. The van der Waals surface area contributed by atoms with Crippen molar-refractivity contribution in [2.24, 2.45) is 5.92 Å². The molecule has 2 rings (SSSR count). The molecule has 0 aromatic heterocycles. The van der Waals surface area contributed by atoms with Gasteiger partial charge >= 0.3 is 0 Å². The molecule has 100 valence electrons. The molecule has 4 heteroatoms. The van der Waals surface area contributed by atoms with Crippen molar-refractivity contribution in [3.63, 3.8) is 0 Å². The summed E-state index contributed by atoms with van der Waals surface area (Å²) in [5, 5.41) is 3.40. The Kier molecular flexibility index (Phi) is 3.95. The first kappa shape index (κ1) is 13.4. The van der Waals surface area contributed by atoms with Crippen LogP contribution in [-0.4, -0.2) is 12.6 Å². The molecule has 0 radical (unpaired) electrons. The van der Waals surface area contributed by atoms with E-state index in [-0.39, 0.29) is 5.92 Å². The Morgan fingerprint density at radius 3 is 2.33 bits per heavy atom. The summed E-state index contributed by atoms with van der Waals surface area (Å²) in [6.45, 7) is 5.10. The predicted molar refractivity (Wildman–Crippen MR) is 64.9 cm³/mol. The largest absolute Gasteiger partial charge is 0.314 e. The van der Waals surface area contributed by atoms with Crippen LogP contribution < -0.4 is 5.32 Å². The lowest BCUT2D eigenvalue weighted by Gasteiger charge is -2.43. The summed E-state index contributed by atoms with van der Waals surface area (Å²) >= 11 is 0. The van der Waals surface area contributed by atoms with Crippen molar-refractivity contribution in [2.75, 3.05) is 6.54 Å². The number of halogens is 3. The third-order valence-electron chi connectivity index (χ3n) is 3.87. The highest BCUT2D eigenvalue weighted by molar-refractivity contribution is 5.27. The molecule has 3 atom stereocenters. The summed E-state index contributed by atoms with van der Waals surface area (Å²) in [4.78, 5) is 0. The van der Waals surface area contributed by atoms with Crippen LogP contribution in [0, 0.1) is 23.4 Å². The number of hydrogen-bond donors (Lipinski definition) is 1. The normalized spacial score (nSPS) is 27.1. The van der Waals surface area contributed by atoms with Crippen molar-refractivity contribution in [1.29, 1.82) is 0 Å². The maximum atomic E-state index is 13.2. The highest BCUT2D eigenvalue weighted by Gasteiger charge is 2.38. The van der Waals surface area contributed by atoms with E-state index in [0.717, 1.165) is 31.5 Å². The van der Waals surface area contributed by atoms with E-state index in [9.17, 15) is 13.2 Å². The van der Waals surface area contributed by atoms with Gasteiger partial charge in [0.2, 0.25) is 0 Å². The van der Waals surface area contributed by atoms with Crippen LogP contribution in [0.2, 0.25) is 0 Å². The second-order valence-corrected chi connectivity index (χ2v) is 5.06. The fourth-order valence-electron chi connectivity index (χ4n) is 2.62. The molecule has 1 aromatic rings. The Balaban J connectivity index is 2.06. The molecule has 0 bridgehead atoms. The number of nitrogens with one attached hydrogen (secondary N) is 1. The maximum Gasteiger partial charge on any atom is 0.194 e. The van der Waals surface area contributed by atoms with Crippen LogP contribution in [0.5, 0.6) is 0 Å². The summed E-state index contributed by atoms with van der Waals surface area (Å²) in [5.74, 6) is -3.14. The van der Waals surface area contributed by atoms with Gasteiger partial charge in [0.25, 0.3) is 0 Å². The van der Waals surface area contributed by atoms with Crippen LogP contribution in [-0.2, 0) is 0 Å². The topological polar surface area (TPSA) is 12.0 Å². The van der Waals surface area contributed by atoms with Gasteiger partial charge in [-0.1, -0.05) is 13.8 Å². The van der Waals surface area contributed by atoms with E-state index in [1.54, 1.807) is 0 Å². The first-order valence-corrected chi connectivity index (χ1v) is 6.42. The lowest BCUT2D eigenvalue weighted by atomic mass is 9.67. The minimum absolute atomic E-state index is 0.115. The SMILES string of the molecule is CCCNC1CC(c2cc(F)c(F)c(F)c2)C1C. The highest BCUT2D eigenvalue weighted by atomic mass is 19.2. The summed E-state index contributed by atoms with van der Waals surface area (Å²) in [5.41, 5.74) is 0.563. The van der Waals surface area contributed by atoms with Gasteiger partial charge in [-0.2, -0.15) is 0 Å². The molecular formula is C14H18F3N. The first-order chi connectivity index (χ1) is 8.54. The number of rotatable bonds is 4. The van der Waals surface area contributed by atoms with Crippen molar-refractivity contribution in [3.8, 4) is 0 Å². The zero-order valence-electron chi connectivity index (χ0n) is 10.6. The molecule has 18 heavy (non-hydrogen) atoms. The van der Waals surface area contributed by atoms with Crippen LogP contribution >= 0.6 is 0 Å². The van der Waals surface area contributed by atoms with Gasteiger partial charge in [0.1, 0.15) is 0 Å². The lowest BCUT2D eigenvalue weighted by Crippen LogP contribution is -2.48. The van der Waals surface area contributed by atoms with E-state index in [1.165, 1.54) is 0 Å². The summed E-state index contributed by atoms with van der Waals surface area (Å²) < 4.78 is 39.2. The Bertz CT molecular complexity index is 410. The Morgan fingerprint density at radius 1 is 1.22 bits per heavy atom. The van der Waals surface area contributed by atoms with Crippen molar-refractivity contribution in [1.82, 2.24) is 5.32 Å². The zero-order valence-corrected chi connectivity index (χ0v) is 10.6. The van der Waals surface area contributed by atoms with Gasteiger partial charge in [0.05, 0.1) is 0 Å². The van der Waals surface area contributed by atoms with Gasteiger partial charge in [0, 0.05) is 6.04 Å². The molecule has 1 aromatic carbocycles. The molecule has 3 unspecified atom stereocenters. The smallest absolute Gasteiger partial charge is 0.194 e. The minimum atomic E-state index is -1.38. The zero-order chi connectivity index (χ0) is 13.3. The van der Waals surface area contributed by atoms with Gasteiger partial charge in [-0.05, 0) is 48.9 Å². The summed E-state index contributed by atoms with van der Waals surface area (Å²) in [6.07, 6.45) is 1.92. The second-order valence-electron chi connectivity index (χ2n) is 5.06. The van der Waals surface area contributed by atoms with Crippen molar-refractivity contribution < 1.29 is 13.2 Å². The average molecular weight is 257 g/mol. The molecular weight excluding hydrogens is 239 g/mol. The third kappa shape index (κ3) is 2.39. The molecule has 1 aliphatic carbocycles. The molecule has 1 fully saturated rings. The molecule has 0 spiro atoms. The fourth-order valence-corrected chi connectivity index (χ4v) is 2.62. The maximum absolute atomic E-state index is 13.2. The molecule has 0 amide bonds. The van der Waals surface area contributed by atoms with Crippen LogP contribution in [0.3, 0.4) is 0 Å². The standard InChI is InChI=1S/C14H18F3N/c1-3-4-18-13-7-10(8(13)2)9-5-11(15)14(17)12(16)6-9/h5-6,8,10,13,18H,3-4,7H2,1-2H3. The molecule has 0 saturated heterocycles. The van der Waals surface area contributed by atoms with Gasteiger partial charge in [-0.15, -0.1) is 0 Å². The number of hydrogen-bond acceptors (Lipinski definition) is 1. The van der Waals surface area contributed by atoms with Crippen LogP contribution in [0.1, 0.15) is 38.2 Å². The highest BCUT2D eigenvalue weighted by Crippen LogP contribution is 2.43. The minimum Gasteiger partial charge on any atom is -0.314 e. The van der Waals surface area contributed by atoms with E-state index in [1.807, 2.05) is 0 Å². The van der Waals surface area contributed by atoms with Crippen molar-refractivity contribution in [2.45, 2.75) is 38.6 Å². The molecule has 1 saturated carbocycles. The van der Waals surface area contributed by atoms with E-state index in [2.05, 4.69) is 19.2 Å². The van der Waals surface area contributed by atoms with Crippen molar-refractivity contribution >= 4 is 0 Å². The van der Waals surface area contributed by atoms with Crippen LogP contribution in [0.4, 0.5) is 13.2 Å². The average Bonchev–Trinajstić information content (AvgIpc) is 2.34. The molecule has 0 aliphatic heterocycles. The van der Waals surface area contributed by atoms with Gasteiger partial charge in [-0.25, -0.2) is 13.2 Å². The second kappa shape index (κ2) is 5.31.